The van der Waals surface area contributed by atoms with E-state index in [2.05, 4.69) is 32.7 Å². The van der Waals surface area contributed by atoms with Crippen molar-refractivity contribution in [2.24, 2.45) is 10.4 Å². The van der Waals surface area contributed by atoms with E-state index in [1.54, 1.807) is 19.3 Å². The predicted octanol–water partition coefficient (Wildman–Crippen LogP) is 8.57. The van der Waals surface area contributed by atoms with Crippen molar-refractivity contribution in [2.75, 3.05) is 6.61 Å². The molecule has 6 heteroatoms. The Kier molecular flexibility index (Phi) is 17.3. The lowest BCUT2D eigenvalue weighted by Gasteiger charge is -2.32. The molecule has 1 aromatic rings. The minimum atomic E-state index is -0.490. The molecule has 0 radical (unpaired) electrons. The van der Waals surface area contributed by atoms with Gasteiger partial charge in [0.1, 0.15) is 0 Å². The number of ketones is 1. The van der Waals surface area contributed by atoms with Gasteiger partial charge < -0.3 is 9.47 Å². The molecule has 1 unspecified atom stereocenters. The van der Waals surface area contributed by atoms with E-state index < -0.39 is 5.97 Å². The number of aromatic nitrogens is 1. The molecule has 2 heterocycles. The van der Waals surface area contributed by atoms with Crippen LogP contribution in [0.2, 0.25) is 0 Å². The van der Waals surface area contributed by atoms with Gasteiger partial charge in [-0.15, -0.1) is 0 Å². The Labute approximate surface area is 232 Å². The highest BCUT2D eigenvalue weighted by atomic mass is 16.5. The Bertz CT molecular complexity index is 974. The van der Waals surface area contributed by atoms with E-state index in [4.69, 9.17) is 14.5 Å². The summed E-state index contributed by atoms with van der Waals surface area (Å²) in [5.41, 5.74) is 3.15. The third kappa shape index (κ3) is 10.3. The number of rotatable bonds is 7. The number of nitrogens with zero attached hydrogens (tertiary/aromatic N) is 2. The Hall–Kier alpha value is -2.60. The molecular weight excluding hydrogens is 476 g/mol. The summed E-state index contributed by atoms with van der Waals surface area (Å²) >= 11 is 0. The zero-order valence-corrected chi connectivity index (χ0v) is 25.9. The molecule has 6 nitrogen and oxygen atoms in total. The molecule has 1 aromatic heterocycles. The SMILES string of the molecule is CC.CC.CCC.CCOC(=O)c1c(COC(C)CC)nc2c(c1C1=CN=CCC=C1)C(=O)CC(C)(C)C2. The average molecular weight is 529 g/mol. The number of hydrogen-bond donors (Lipinski definition) is 0. The maximum atomic E-state index is 13.3. The summed E-state index contributed by atoms with van der Waals surface area (Å²) in [7, 11) is 0. The molecular formula is C32H52N2O4. The Balaban J connectivity index is 0.00000179. The van der Waals surface area contributed by atoms with E-state index >= 15 is 0 Å². The third-order valence-electron chi connectivity index (χ3n) is 5.62. The fourth-order valence-electron chi connectivity index (χ4n) is 3.95. The molecule has 0 fully saturated rings. The van der Waals surface area contributed by atoms with Crippen LogP contribution in [0.15, 0.2) is 23.3 Å². The number of carbonyl (C=O) groups is 2. The van der Waals surface area contributed by atoms with Gasteiger partial charge in [-0.3, -0.25) is 14.8 Å². The minimum absolute atomic E-state index is 0.00350. The molecule has 1 aliphatic carbocycles. The van der Waals surface area contributed by atoms with Crippen molar-refractivity contribution in [1.29, 1.82) is 0 Å². The van der Waals surface area contributed by atoms with Crippen LogP contribution in [-0.2, 0) is 22.5 Å². The molecule has 0 aromatic carbocycles. The first kappa shape index (κ1) is 35.4. The van der Waals surface area contributed by atoms with Gasteiger partial charge in [0, 0.05) is 42.0 Å². The van der Waals surface area contributed by atoms with Crippen molar-refractivity contribution in [3.8, 4) is 0 Å². The molecule has 0 saturated heterocycles. The number of allylic oxidation sites excluding steroid dienone is 3. The Morgan fingerprint density at radius 2 is 1.68 bits per heavy atom. The van der Waals surface area contributed by atoms with Crippen molar-refractivity contribution in [2.45, 2.75) is 121 Å². The van der Waals surface area contributed by atoms with Crippen LogP contribution in [0.1, 0.15) is 140 Å². The van der Waals surface area contributed by atoms with Crippen LogP contribution >= 0.6 is 0 Å². The number of aliphatic imine (C=N–C) groups is 1. The zero-order chi connectivity index (χ0) is 29.3. The molecule has 0 N–H and O–H groups in total. The molecule has 214 valence electrons. The van der Waals surface area contributed by atoms with E-state index in [9.17, 15) is 9.59 Å². The van der Waals surface area contributed by atoms with Crippen molar-refractivity contribution in [3.05, 3.63) is 46.4 Å². The van der Waals surface area contributed by atoms with Crippen LogP contribution in [0, 0.1) is 5.41 Å². The number of Topliss-reactive ketones (excluding diaryl/α,β-unsaturated/α-hetero) is 1. The summed E-state index contributed by atoms with van der Waals surface area (Å²) in [4.78, 5) is 35.6. The lowest BCUT2D eigenvalue weighted by molar-refractivity contribution is 0.0432. The summed E-state index contributed by atoms with van der Waals surface area (Å²) in [6.07, 6.45) is 11.2. The van der Waals surface area contributed by atoms with Gasteiger partial charge in [0.05, 0.1) is 36.3 Å². The van der Waals surface area contributed by atoms with E-state index in [-0.39, 0.29) is 30.5 Å². The number of pyridine rings is 1. The average Bonchev–Trinajstić information content (AvgIpc) is 3.18. The second kappa shape index (κ2) is 18.6. The molecule has 38 heavy (non-hydrogen) atoms. The number of esters is 1. The molecule has 0 bridgehead atoms. The van der Waals surface area contributed by atoms with Gasteiger partial charge in [-0.05, 0) is 32.1 Å². The van der Waals surface area contributed by atoms with E-state index in [1.165, 1.54) is 6.42 Å². The summed E-state index contributed by atoms with van der Waals surface area (Å²) in [5.74, 6) is -0.494. The standard InChI is InChI=1S/C25H32N2O4.C3H8.2C2H6/c1-6-16(3)31-15-19-23(24(29)30-7-2)21(17-10-8-9-11-26-14-17)22-18(27-19)12-25(4,5)13-20(22)28;1-3-2;2*1-2/h8,10-11,14,16H,6-7,9,12-13,15H2,1-5H3;3H2,1-2H3;2*1-2H3. The van der Waals surface area contributed by atoms with Crippen molar-refractivity contribution in [1.82, 2.24) is 4.98 Å². The second-order valence-corrected chi connectivity index (χ2v) is 9.58. The largest absolute Gasteiger partial charge is 0.462 e. The van der Waals surface area contributed by atoms with Crippen molar-refractivity contribution >= 4 is 23.5 Å². The first-order chi connectivity index (χ1) is 18.2. The maximum Gasteiger partial charge on any atom is 0.340 e. The quantitative estimate of drug-likeness (QED) is 0.331. The Morgan fingerprint density at radius 3 is 2.26 bits per heavy atom. The first-order valence-corrected chi connectivity index (χ1v) is 14.4. The lowest BCUT2D eigenvalue weighted by atomic mass is 9.73. The molecule has 2 aliphatic rings. The molecule has 0 saturated carbocycles. The first-order valence-electron chi connectivity index (χ1n) is 14.4. The van der Waals surface area contributed by atoms with Crippen LogP contribution in [-0.4, -0.2) is 35.7 Å². The monoisotopic (exact) mass is 528 g/mol. The molecule has 1 aliphatic heterocycles. The van der Waals surface area contributed by atoms with Gasteiger partial charge in [-0.25, -0.2) is 4.79 Å². The van der Waals surface area contributed by atoms with E-state index in [0.29, 0.717) is 47.2 Å². The highest BCUT2D eigenvalue weighted by Gasteiger charge is 2.37. The Morgan fingerprint density at radius 1 is 1.05 bits per heavy atom. The zero-order valence-electron chi connectivity index (χ0n) is 25.9. The number of ether oxygens (including phenoxy) is 2. The van der Waals surface area contributed by atoms with Gasteiger partial charge in [-0.2, -0.15) is 0 Å². The van der Waals surface area contributed by atoms with Gasteiger partial charge in [0.2, 0.25) is 0 Å². The summed E-state index contributed by atoms with van der Waals surface area (Å²) in [6, 6.07) is 0. The van der Waals surface area contributed by atoms with Crippen molar-refractivity contribution < 1.29 is 19.1 Å². The second-order valence-electron chi connectivity index (χ2n) is 9.58. The van der Waals surface area contributed by atoms with Crippen LogP contribution in [0.25, 0.3) is 5.57 Å². The number of carbonyl (C=O) groups excluding carboxylic acids is 2. The van der Waals surface area contributed by atoms with Crippen LogP contribution in [0.3, 0.4) is 0 Å². The third-order valence-corrected chi connectivity index (χ3v) is 5.62. The number of fused-ring (bicyclic) bond motifs is 1. The molecule has 0 amide bonds. The lowest BCUT2D eigenvalue weighted by Crippen LogP contribution is -2.31. The topological polar surface area (TPSA) is 77.8 Å². The molecule has 1 atom stereocenters. The molecule has 3 rings (SSSR count). The smallest absolute Gasteiger partial charge is 0.340 e. The fraction of sp³-hybridized carbons (Fsp3) is 0.625. The highest BCUT2D eigenvalue weighted by molar-refractivity contribution is 6.09. The number of hydrogen-bond acceptors (Lipinski definition) is 6. The van der Waals surface area contributed by atoms with Crippen molar-refractivity contribution in [3.63, 3.8) is 0 Å². The van der Waals surface area contributed by atoms with Gasteiger partial charge in [0.25, 0.3) is 0 Å². The van der Waals surface area contributed by atoms with E-state index in [0.717, 1.165) is 12.1 Å². The minimum Gasteiger partial charge on any atom is -0.462 e. The molecule has 0 spiro atoms. The van der Waals surface area contributed by atoms with Gasteiger partial charge in [0.15, 0.2) is 5.78 Å². The van der Waals surface area contributed by atoms with E-state index in [1.807, 2.05) is 53.7 Å². The van der Waals surface area contributed by atoms with Crippen LogP contribution in [0.5, 0.6) is 0 Å². The predicted molar refractivity (Wildman–Crippen MR) is 160 cm³/mol. The van der Waals surface area contributed by atoms with Gasteiger partial charge in [-0.1, -0.05) is 80.9 Å². The highest BCUT2D eigenvalue weighted by Crippen LogP contribution is 2.40. The fourth-order valence-corrected chi connectivity index (χ4v) is 3.95. The summed E-state index contributed by atoms with van der Waals surface area (Å²) in [5, 5.41) is 0. The van der Waals surface area contributed by atoms with Crippen LogP contribution in [0.4, 0.5) is 0 Å². The maximum absolute atomic E-state index is 13.3. The van der Waals surface area contributed by atoms with Crippen LogP contribution < -0.4 is 0 Å². The van der Waals surface area contributed by atoms with Gasteiger partial charge >= 0.3 is 5.97 Å². The summed E-state index contributed by atoms with van der Waals surface area (Å²) in [6.45, 7) is 22.6. The normalized spacial score (nSPS) is 15.7. The summed E-state index contributed by atoms with van der Waals surface area (Å²) < 4.78 is 11.4.